The van der Waals surface area contributed by atoms with Gasteiger partial charge in [-0.25, -0.2) is 12.7 Å². The van der Waals surface area contributed by atoms with Crippen molar-refractivity contribution in [1.82, 2.24) is 14.5 Å². The zero-order valence-electron chi connectivity index (χ0n) is 14.2. The van der Waals surface area contributed by atoms with E-state index in [1.807, 2.05) is 13.8 Å². The van der Waals surface area contributed by atoms with Gasteiger partial charge in [-0.05, 0) is 18.8 Å². The minimum absolute atomic E-state index is 0. The molecule has 0 amide bonds. The van der Waals surface area contributed by atoms with Crippen LogP contribution in [0, 0.1) is 5.92 Å². The first-order chi connectivity index (χ1) is 9.94. The molecule has 1 rings (SSSR count). The summed E-state index contributed by atoms with van der Waals surface area (Å²) in [5.74, 6) is 1.69. The van der Waals surface area contributed by atoms with E-state index in [2.05, 4.69) is 22.1 Å². The molecule has 0 aromatic heterocycles. The summed E-state index contributed by atoms with van der Waals surface area (Å²) in [6.07, 6.45) is 2.33. The monoisotopic (exact) mass is 446 g/mol. The minimum atomic E-state index is -3.17. The van der Waals surface area contributed by atoms with Crippen LogP contribution in [0.1, 0.15) is 33.6 Å². The molecular weight excluding hydrogens is 415 g/mol. The van der Waals surface area contributed by atoms with Crippen molar-refractivity contribution in [3.8, 4) is 0 Å². The van der Waals surface area contributed by atoms with Gasteiger partial charge in [-0.15, -0.1) is 24.0 Å². The van der Waals surface area contributed by atoms with Crippen LogP contribution in [0.15, 0.2) is 4.99 Å². The third-order valence-corrected chi connectivity index (χ3v) is 6.06. The molecular formula is C14H31IN4O2S. The van der Waals surface area contributed by atoms with E-state index in [9.17, 15) is 8.42 Å². The molecule has 0 aliphatic carbocycles. The van der Waals surface area contributed by atoms with Gasteiger partial charge in [0.2, 0.25) is 10.0 Å². The second-order valence-electron chi connectivity index (χ2n) is 5.54. The van der Waals surface area contributed by atoms with E-state index in [0.29, 0.717) is 19.6 Å². The Balaban J connectivity index is 0.00000441. The average Bonchev–Trinajstić information content (AvgIpc) is 2.46. The van der Waals surface area contributed by atoms with Crippen LogP contribution in [-0.4, -0.2) is 69.1 Å². The van der Waals surface area contributed by atoms with Crippen molar-refractivity contribution in [3.63, 3.8) is 0 Å². The smallest absolute Gasteiger partial charge is 0.215 e. The van der Waals surface area contributed by atoms with E-state index in [1.54, 1.807) is 7.05 Å². The quantitative estimate of drug-likeness (QED) is 0.382. The summed E-state index contributed by atoms with van der Waals surface area (Å²) in [6, 6.07) is 0. The van der Waals surface area contributed by atoms with Crippen LogP contribution in [0.5, 0.6) is 0 Å². The van der Waals surface area contributed by atoms with Crippen molar-refractivity contribution < 1.29 is 8.42 Å². The maximum Gasteiger partial charge on any atom is 0.215 e. The average molecular weight is 446 g/mol. The summed E-state index contributed by atoms with van der Waals surface area (Å²) in [6.45, 7) is 9.43. The normalized spacial score (nSPS) is 17.5. The fourth-order valence-electron chi connectivity index (χ4n) is 2.59. The van der Waals surface area contributed by atoms with Gasteiger partial charge in [0.15, 0.2) is 5.96 Å². The lowest BCUT2D eigenvalue weighted by molar-refractivity contribution is 0.274. The highest BCUT2D eigenvalue weighted by atomic mass is 127. The van der Waals surface area contributed by atoms with Crippen molar-refractivity contribution in [2.45, 2.75) is 33.6 Å². The number of sulfonamides is 1. The number of nitrogens with zero attached hydrogens (tertiary/aromatic N) is 3. The van der Waals surface area contributed by atoms with Gasteiger partial charge in [0.05, 0.1) is 5.75 Å². The van der Waals surface area contributed by atoms with E-state index < -0.39 is 10.0 Å². The molecule has 132 valence electrons. The van der Waals surface area contributed by atoms with E-state index >= 15 is 0 Å². The zero-order chi connectivity index (χ0) is 15.9. The van der Waals surface area contributed by atoms with Crippen molar-refractivity contribution in [3.05, 3.63) is 0 Å². The third-order valence-electron chi connectivity index (χ3n) is 4.04. The lowest BCUT2D eigenvalue weighted by atomic mass is 10.00. The van der Waals surface area contributed by atoms with E-state index in [4.69, 9.17) is 0 Å². The topological polar surface area (TPSA) is 65.0 Å². The van der Waals surface area contributed by atoms with E-state index in [1.165, 1.54) is 17.1 Å². The molecule has 0 radical (unpaired) electrons. The van der Waals surface area contributed by atoms with Gasteiger partial charge < -0.3 is 10.2 Å². The molecule has 6 nitrogen and oxygen atoms in total. The molecule has 1 fully saturated rings. The van der Waals surface area contributed by atoms with Crippen LogP contribution >= 0.6 is 24.0 Å². The molecule has 0 spiro atoms. The predicted octanol–water partition coefficient (Wildman–Crippen LogP) is 1.58. The molecule has 0 saturated carbocycles. The molecule has 0 unspecified atom stereocenters. The Bertz CT molecular complexity index is 430. The maximum absolute atomic E-state index is 12.1. The number of nitrogens with one attached hydrogen (secondary N) is 1. The SMILES string of the molecule is CCN(CC)S(=O)(=O)CCNC(=NC)N1CCC(C)CC1.I. The zero-order valence-corrected chi connectivity index (χ0v) is 17.4. The molecule has 0 aromatic carbocycles. The van der Waals surface area contributed by atoms with Gasteiger partial charge in [-0.1, -0.05) is 20.8 Å². The lowest BCUT2D eigenvalue weighted by Crippen LogP contribution is -2.47. The molecule has 1 saturated heterocycles. The summed E-state index contributed by atoms with van der Waals surface area (Å²) < 4.78 is 25.7. The van der Waals surface area contributed by atoms with Crippen molar-refractivity contribution in [2.24, 2.45) is 10.9 Å². The minimum Gasteiger partial charge on any atom is -0.355 e. The number of guanidine groups is 1. The number of halogens is 1. The first-order valence-electron chi connectivity index (χ1n) is 7.88. The number of hydrogen-bond donors (Lipinski definition) is 1. The van der Waals surface area contributed by atoms with Crippen LogP contribution in [0.25, 0.3) is 0 Å². The maximum atomic E-state index is 12.1. The second kappa shape index (κ2) is 10.6. The number of aliphatic imine (C=N–C) groups is 1. The standard InChI is InChI=1S/C14H30N4O2S.HI/c1-5-18(6-2)21(19,20)12-9-16-14(15-4)17-10-7-13(3)8-11-17;/h13H,5-12H2,1-4H3,(H,15,16);1H. The molecule has 0 bridgehead atoms. The molecule has 1 aliphatic heterocycles. The summed E-state index contributed by atoms with van der Waals surface area (Å²) in [5, 5.41) is 3.18. The summed E-state index contributed by atoms with van der Waals surface area (Å²) >= 11 is 0. The Kier molecular flexibility index (Phi) is 10.6. The van der Waals surface area contributed by atoms with Gasteiger partial charge in [0.25, 0.3) is 0 Å². The molecule has 22 heavy (non-hydrogen) atoms. The molecule has 1 aliphatic rings. The van der Waals surface area contributed by atoms with Crippen LogP contribution in [-0.2, 0) is 10.0 Å². The fourth-order valence-corrected chi connectivity index (χ4v) is 4.00. The number of hydrogen-bond acceptors (Lipinski definition) is 3. The number of likely N-dealkylation sites (tertiary alicyclic amines) is 1. The van der Waals surface area contributed by atoms with Crippen LogP contribution < -0.4 is 5.32 Å². The fraction of sp³-hybridized carbons (Fsp3) is 0.929. The molecule has 0 aromatic rings. The van der Waals surface area contributed by atoms with Gasteiger partial charge in [0.1, 0.15) is 0 Å². The predicted molar refractivity (Wildman–Crippen MR) is 103 cm³/mol. The second-order valence-corrected chi connectivity index (χ2v) is 7.63. The van der Waals surface area contributed by atoms with Gasteiger partial charge in [0, 0.05) is 39.8 Å². The first kappa shape index (κ1) is 21.9. The Hall–Kier alpha value is -0.0900. The molecule has 1 N–H and O–H groups in total. The van der Waals surface area contributed by atoms with Gasteiger partial charge in [-0.3, -0.25) is 4.99 Å². The summed E-state index contributed by atoms with van der Waals surface area (Å²) in [4.78, 5) is 6.48. The van der Waals surface area contributed by atoms with Gasteiger partial charge in [-0.2, -0.15) is 0 Å². The van der Waals surface area contributed by atoms with E-state index in [0.717, 1.165) is 25.0 Å². The highest BCUT2D eigenvalue weighted by Gasteiger charge is 2.21. The number of rotatable bonds is 6. The van der Waals surface area contributed by atoms with Crippen LogP contribution in [0.3, 0.4) is 0 Å². The highest BCUT2D eigenvalue weighted by Crippen LogP contribution is 2.15. The van der Waals surface area contributed by atoms with Crippen molar-refractivity contribution in [1.29, 1.82) is 0 Å². The first-order valence-corrected chi connectivity index (χ1v) is 9.48. The molecule has 0 atom stereocenters. The Morgan fingerprint density at radius 1 is 1.27 bits per heavy atom. The van der Waals surface area contributed by atoms with Crippen LogP contribution in [0.2, 0.25) is 0 Å². The third kappa shape index (κ3) is 6.57. The Morgan fingerprint density at radius 2 is 1.82 bits per heavy atom. The largest absolute Gasteiger partial charge is 0.355 e. The van der Waals surface area contributed by atoms with E-state index in [-0.39, 0.29) is 29.7 Å². The summed E-state index contributed by atoms with van der Waals surface area (Å²) in [5.41, 5.74) is 0. The van der Waals surface area contributed by atoms with Crippen molar-refractivity contribution >= 4 is 40.0 Å². The summed E-state index contributed by atoms with van der Waals surface area (Å²) in [7, 11) is -1.42. The van der Waals surface area contributed by atoms with Gasteiger partial charge >= 0.3 is 0 Å². The van der Waals surface area contributed by atoms with Crippen molar-refractivity contribution in [2.75, 3.05) is 45.5 Å². The lowest BCUT2D eigenvalue weighted by Gasteiger charge is -2.33. The number of piperidine rings is 1. The Labute approximate surface area is 152 Å². The van der Waals surface area contributed by atoms with Crippen LogP contribution in [0.4, 0.5) is 0 Å². The highest BCUT2D eigenvalue weighted by molar-refractivity contribution is 14.0. The molecule has 1 heterocycles. The molecule has 8 heteroatoms. The Morgan fingerprint density at radius 3 is 2.27 bits per heavy atom.